The quantitative estimate of drug-likeness (QED) is 0.523. The number of nitro groups is 1. The topological polar surface area (TPSA) is 92.6 Å². The zero-order chi connectivity index (χ0) is 17.3. The lowest BCUT2D eigenvalue weighted by Crippen LogP contribution is -2.49. The molecule has 1 N–H and O–H groups in total. The van der Waals surface area contributed by atoms with E-state index < -0.39 is 11.0 Å². The highest BCUT2D eigenvalue weighted by Crippen LogP contribution is 2.37. The van der Waals surface area contributed by atoms with Gasteiger partial charge in [-0.25, -0.2) is 4.79 Å². The Kier molecular flexibility index (Phi) is 4.16. The summed E-state index contributed by atoms with van der Waals surface area (Å²) in [5.41, 5.74) is 1.95. The van der Waals surface area contributed by atoms with Crippen LogP contribution >= 0.6 is 0 Å². The lowest BCUT2D eigenvalue weighted by atomic mass is 9.84. The second-order valence-corrected chi connectivity index (χ2v) is 5.77. The Morgan fingerprint density at radius 2 is 2.00 bits per heavy atom. The predicted molar refractivity (Wildman–Crippen MR) is 87.2 cm³/mol. The number of amides is 2. The SMILES string of the molecule is C=CCN1C(=O)NC(c2ccc([N+](=O)[O-])cc2)C2=C1CCCC2=O. The summed E-state index contributed by atoms with van der Waals surface area (Å²) < 4.78 is 0. The van der Waals surface area contributed by atoms with E-state index in [9.17, 15) is 19.7 Å². The molecule has 0 bridgehead atoms. The van der Waals surface area contributed by atoms with E-state index in [-0.39, 0.29) is 17.5 Å². The number of Topliss-reactive ketones (excluding diaryl/α,β-unsaturated/α-hetero) is 1. The summed E-state index contributed by atoms with van der Waals surface area (Å²) in [4.78, 5) is 36.7. The van der Waals surface area contributed by atoms with Gasteiger partial charge in [0.2, 0.25) is 0 Å². The van der Waals surface area contributed by atoms with Gasteiger partial charge in [-0.3, -0.25) is 19.8 Å². The van der Waals surface area contributed by atoms with Crippen molar-refractivity contribution in [2.45, 2.75) is 25.3 Å². The maximum atomic E-state index is 12.5. The van der Waals surface area contributed by atoms with Crippen molar-refractivity contribution in [1.82, 2.24) is 10.2 Å². The van der Waals surface area contributed by atoms with Crippen LogP contribution in [0.25, 0.3) is 0 Å². The molecule has 0 radical (unpaired) electrons. The molecule has 1 atom stereocenters. The summed E-state index contributed by atoms with van der Waals surface area (Å²) in [6, 6.07) is 5.07. The molecule has 1 aromatic rings. The fourth-order valence-electron chi connectivity index (χ4n) is 3.21. The van der Waals surface area contributed by atoms with Crippen molar-refractivity contribution in [1.29, 1.82) is 0 Å². The van der Waals surface area contributed by atoms with Crippen molar-refractivity contribution >= 4 is 17.5 Å². The van der Waals surface area contributed by atoms with Crippen molar-refractivity contribution in [3.05, 3.63) is 63.9 Å². The molecule has 1 aromatic carbocycles. The van der Waals surface area contributed by atoms with Crippen molar-refractivity contribution in [2.75, 3.05) is 6.54 Å². The van der Waals surface area contributed by atoms with Gasteiger partial charge in [0.1, 0.15) is 0 Å². The highest BCUT2D eigenvalue weighted by atomic mass is 16.6. The van der Waals surface area contributed by atoms with Crippen LogP contribution < -0.4 is 5.32 Å². The van der Waals surface area contributed by atoms with E-state index in [1.807, 2.05) is 0 Å². The second kappa shape index (κ2) is 6.27. The number of ketones is 1. The number of rotatable bonds is 4. The standard InChI is InChI=1S/C17H17N3O4/c1-2-10-19-13-4-3-5-14(21)15(13)16(18-17(19)22)11-6-8-12(9-7-11)20(23)24/h2,6-9,16H,1,3-5,10H2,(H,18,22). The molecule has 1 aliphatic heterocycles. The number of hydrogen-bond donors (Lipinski definition) is 1. The van der Waals surface area contributed by atoms with Crippen LogP contribution in [0.3, 0.4) is 0 Å². The first kappa shape index (κ1) is 15.9. The van der Waals surface area contributed by atoms with Gasteiger partial charge in [-0.05, 0) is 30.5 Å². The number of non-ortho nitro benzene ring substituents is 1. The molecule has 1 aliphatic carbocycles. The van der Waals surface area contributed by atoms with Crippen LogP contribution in [0.5, 0.6) is 0 Å². The number of hydrogen-bond acceptors (Lipinski definition) is 4. The fraction of sp³-hybridized carbons (Fsp3) is 0.294. The molecule has 0 fully saturated rings. The largest absolute Gasteiger partial charge is 0.327 e. The molecule has 0 saturated heterocycles. The van der Waals surface area contributed by atoms with Crippen LogP contribution in [0.1, 0.15) is 30.9 Å². The molecule has 1 heterocycles. The van der Waals surface area contributed by atoms with E-state index in [0.717, 1.165) is 5.70 Å². The summed E-state index contributed by atoms with van der Waals surface area (Å²) in [7, 11) is 0. The van der Waals surface area contributed by atoms with Crippen molar-refractivity contribution in [3.63, 3.8) is 0 Å². The molecule has 0 saturated carbocycles. The molecular formula is C17H17N3O4. The van der Waals surface area contributed by atoms with Gasteiger partial charge in [-0.15, -0.1) is 6.58 Å². The van der Waals surface area contributed by atoms with E-state index in [1.54, 1.807) is 23.1 Å². The number of nitrogens with zero attached hydrogens (tertiary/aromatic N) is 2. The maximum absolute atomic E-state index is 12.5. The van der Waals surface area contributed by atoms with Crippen molar-refractivity contribution in [3.8, 4) is 0 Å². The average Bonchev–Trinajstić information content (AvgIpc) is 2.57. The van der Waals surface area contributed by atoms with E-state index in [4.69, 9.17) is 0 Å². The van der Waals surface area contributed by atoms with Crippen molar-refractivity contribution < 1.29 is 14.5 Å². The second-order valence-electron chi connectivity index (χ2n) is 5.77. The minimum Gasteiger partial charge on any atom is -0.327 e. The molecule has 124 valence electrons. The lowest BCUT2D eigenvalue weighted by molar-refractivity contribution is -0.384. The first-order valence-corrected chi connectivity index (χ1v) is 7.72. The molecule has 1 unspecified atom stereocenters. The molecule has 3 rings (SSSR count). The molecule has 2 amide bonds. The third kappa shape index (κ3) is 2.68. The normalized spacial score (nSPS) is 20.5. The smallest absolute Gasteiger partial charge is 0.322 e. The Morgan fingerprint density at radius 1 is 1.29 bits per heavy atom. The minimum absolute atomic E-state index is 0.00802. The van der Waals surface area contributed by atoms with Gasteiger partial charge < -0.3 is 5.32 Å². The highest BCUT2D eigenvalue weighted by Gasteiger charge is 2.38. The molecule has 7 nitrogen and oxygen atoms in total. The summed E-state index contributed by atoms with van der Waals surface area (Å²) in [5.74, 6) is 0.00802. The summed E-state index contributed by atoms with van der Waals surface area (Å²) in [5, 5.41) is 13.6. The first-order valence-electron chi connectivity index (χ1n) is 7.72. The number of urea groups is 1. The number of allylic oxidation sites excluding steroid dienone is 1. The molecule has 7 heteroatoms. The van der Waals surface area contributed by atoms with E-state index in [1.165, 1.54) is 12.1 Å². The van der Waals surface area contributed by atoms with Gasteiger partial charge >= 0.3 is 6.03 Å². The van der Waals surface area contributed by atoms with Crippen LogP contribution in [-0.4, -0.2) is 28.2 Å². The summed E-state index contributed by atoms with van der Waals surface area (Å²) >= 11 is 0. The summed E-state index contributed by atoms with van der Waals surface area (Å²) in [6.45, 7) is 3.99. The van der Waals surface area contributed by atoms with Gasteiger partial charge in [0.25, 0.3) is 5.69 Å². The number of carbonyl (C=O) groups excluding carboxylic acids is 2. The molecular weight excluding hydrogens is 310 g/mol. The first-order chi connectivity index (χ1) is 11.5. The number of nitro benzene ring substituents is 1. The number of nitrogens with one attached hydrogen (secondary N) is 1. The van der Waals surface area contributed by atoms with Crippen LogP contribution in [0.15, 0.2) is 48.2 Å². The van der Waals surface area contributed by atoms with Gasteiger partial charge in [0.15, 0.2) is 5.78 Å². The zero-order valence-corrected chi connectivity index (χ0v) is 13.0. The maximum Gasteiger partial charge on any atom is 0.322 e. The highest BCUT2D eigenvalue weighted by molar-refractivity contribution is 6.01. The third-order valence-electron chi connectivity index (χ3n) is 4.31. The molecule has 0 aromatic heterocycles. The Morgan fingerprint density at radius 3 is 2.62 bits per heavy atom. The Hall–Kier alpha value is -2.96. The number of carbonyl (C=O) groups is 2. The van der Waals surface area contributed by atoms with Crippen LogP contribution in [-0.2, 0) is 4.79 Å². The Bertz CT molecular complexity index is 752. The molecule has 24 heavy (non-hydrogen) atoms. The number of benzene rings is 1. The van der Waals surface area contributed by atoms with Crippen molar-refractivity contribution in [2.24, 2.45) is 0 Å². The summed E-state index contributed by atoms with van der Waals surface area (Å²) in [6.07, 6.45) is 3.44. The minimum atomic E-state index is -0.567. The van der Waals surface area contributed by atoms with Crippen LogP contribution in [0.4, 0.5) is 10.5 Å². The Balaban J connectivity index is 2.05. The van der Waals surface area contributed by atoms with Gasteiger partial charge in [-0.1, -0.05) is 6.08 Å². The zero-order valence-electron chi connectivity index (χ0n) is 13.0. The molecule has 0 spiro atoms. The average molecular weight is 327 g/mol. The molecule has 2 aliphatic rings. The van der Waals surface area contributed by atoms with E-state index in [2.05, 4.69) is 11.9 Å². The van der Waals surface area contributed by atoms with Gasteiger partial charge in [0, 0.05) is 36.4 Å². The monoisotopic (exact) mass is 327 g/mol. The van der Waals surface area contributed by atoms with E-state index in [0.29, 0.717) is 36.9 Å². The van der Waals surface area contributed by atoms with Gasteiger partial charge in [0.05, 0.1) is 11.0 Å². The van der Waals surface area contributed by atoms with Gasteiger partial charge in [-0.2, -0.15) is 0 Å². The fourth-order valence-corrected chi connectivity index (χ4v) is 3.21. The van der Waals surface area contributed by atoms with Crippen LogP contribution in [0.2, 0.25) is 0 Å². The third-order valence-corrected chi connectivity index (χ3v) is 4.31. The lowest BCUT2D eigenvalue weighted by Gasteiger charge is -2.38. The Labute approximate surface area is 138 Å². The van der Waals surface area contributed by atoms with Crippen LogP contribution in [0, 0.1) is 10.1 Å². The van der Waals surface area contributed by atoms with E-state index >= 15 is 0 Å². The predicted octanol–water partition coefficient (Wildman–Crippen LogP) is 2.85.